The summed E-state index contributed by atoms with van der Waals surface area (Å²) in [6, 6.07) is 5.77. The van der Waals surface area contributed by atoms with Crippen molar-refractivity contribution in [3.05, 3.63) is 40.9 Å². The van der Waals surface area contributed by atoms with Crippen molar-refractivity contribution < 1.29 is 4.74 Å². The number of nitrogens with two attached hydrogens (primary N) is 1. The van der Waals surface area contributed by atoms with Crippen LogP contribution in [-0.2, 0) is 0 Å². The fourth-order valence-electron chi connectivity index (χ4n) is 1.35. The van der Waals surface area contributed by atoms with Crippen LogP contribution in [0.25, 0.3) is 0 Å². The molecule has 0 saturated carbocycles. The number of hydrogen-bond acceptors (Lipinski definition) is 2. The van der Waals surface area contributed by atoms with Gasteiger partial charge in [0, 0.05) is 0 Å². The van der Waals surface area contributed by atoms with Crippen molar-refractivity contribution in [2.24, 2.45) is 5.73 Å². The zero-order valence-electron chi connectivity index (χ0n) is 9.79. The number of rotatable bonds is 5. The van der Waals surface area contributed by atoms with E-state index in [2.05, 4.69) is 6.58 Å². The van der Waals surface area contributed by atoms with E-state index in [4.69, 9.17) is 22.1 Å². The fourth-order valence-corrected chi connectivity index (χ4v) is 1.71. The first kappa shape index (κ1) is 13.1. The molecule has 0 aliphatic rings. The Morgan fingerprint density at radius 1 is 1.56 bits per heavy atom. The van der Waals surface area contributed by atoms with Crippen molar-refractivity contribution in [1.29, 1.82) is 0 Å². The minimum absolute atomic E-state index is 0.237. The number of benzene rings is 1. The molecule has 0 radical (unpaired) electrons. The average Bonchev–Trinajstić information content (AvgIpc) is 2.26. The predicted molar refractivity (Wildman–Crippen MR) is 69.2 cm³/mol. The molecule has 0 saturated heterocycles. The quantitative estimate of drug-likeness (QED) is 0.800. The summed E-state index contributed by atoms with van der Waals surface area (Å²) in [6.45, 7) is 8.81. The highest BCUT2D eigenvalue weighted by molar-refractivity contribution is 6.32. The van der Waals surface area contributed by atoms with E-state index in [0.29, 0.717) is 23.9 Å². The molecule has 1 aromatic rings. The van der Waals surface area contributed by atoms with E-state index in [0.717, 1.165) is 11.1 Å². The summed E-state index contributed by atoms with van der Waals surface area (Å²) in [4.78, 5) is 0. The predicted octanol–water partition coefficient (Wildman–Crippen LogP) is 3.36. The Kier molecular flexibility index (Phi) is 4.84. The van der Waals surface area contributed by atoms with Gasteiger partial charge >= 0.3 is 0 Å². The third-order valence-corrected chi connectivity index (χ3v) is 2.76. The zero-order chi connectivity index (χ0) is 12.1. The van der Waals surface area contributed by atoms with E-state index in [1.165, 1.54) is 0 Å². The van der Waals surface area contributed by atoms with Gasteiger partial charge in [0.1, 0.15) is 12.4 Å². The van der Waals surface area contributed by atoms with E-state index < -0.39 is 0 Å². The molecule has 88 valence electrons. The van der Waals surface area contributed by atoms with Crippen LogP contribution < -0.4 is 10.5 Å². The summed E-state index contributed by atoms with van der Waals surface area (Å²) in [5, 5.41) is 0.654. The van der Waals surface area contributed by atoms with E-state index in [-0.39, 0.29) is 5.92 Å². The van der Waals surface area contributed by atoms with Gasteiger partial charge in [0.25, 0.3) is 0 Å². The molecule has 1 aromatic carbocycles. The molecule has 1 unspecified atom stereocenters. The molecule has 0 fully saturated rings. The Labute approximate surface area is 102 Å². The summed E-state index contributed by atoms with van der Waals surface area (Å²) in [5.41, 5.74) is 7.63. The molecule has 0 aliphatic carbocycles. The van der Waals surface area contributed by atoms with E-state index in [9.17, 15) is 0 Å². The van der Waals surface area contributed by atoms with Gasteiger partial charge in [-0.1, -0.05) is 37.2 Å². The van der Waals surface area contributed by atoms with Crippen LogP contribution in [0.1, 0.15) is 25.3 Å². The van der Waals surface area contributed by atoms with Gasteiger partial charge in [-0.05, 0) is 36.6 Å². The first-order valence-electron chi connectivity index (χ1n) is 5.32. The van der Waals surface area contributed by atoms with E-state index >= 15 is 0 Å². The lowest BCUT2D eigenvalue weighted by Gasteiger charge is -2.14. The maximum Gasteiger partial charge on any atom is 0.138 e. The van der Waals surface area contributed by atoms with Gasteiger partial charge in [0.15, 0.2) is 0 Å². The maximum atomic E-state index is 6.26. The number of hydrogen-bond donors (Lipinski definition) is 1. The van der Waals surface area contributed by atoms with Crippen LogP contribution >= 0.6 is 11.6 Å². The fraction of sp³-hybridized carbons (Fsp3) is 0.385. The van der Waals surface area contributed by atoms with Crippen molar-refractivity contribution in [2.75, 3.05) is 13.2 Å². The van der Waals surface area contributed by atoms with Gasteiger partial charge in [-0.2, -0.15) is 0 Å². The third-order valence-electron chi connectivity index (χ3n) is 2.35. The minimum Gasteiger partial charge on any atom is -0.488 e. The van der Waals surface area contributed by atoms with Gasteiger partial charge < -0.3 is 10.5 Å². The topological polar surface area (TPSA) is 35.2 Å². The van der Waals surface area contributed by atoms with Gasteiger partial charge in [-0.3, -0.25) is 0 Å². The Hall–Kier alpha value is -0.990. The Morgan fingerprint density at radius 3 is 2.81 bits per heavy atom. The zero-order valence-corrected chi connectivity index (χ0v) is 10.6. The lowest BCUT2D eigenvalue weighted by Crippen LogP contribution is -2.10. The molecule has 0 amide bonds. The summed E-state index contributed by atoms with van der Waals surface area (Å²) < 4.78 is 5.56. The van der Waals surface area contributed by atoms with Crippen LogP contribution in [-0.4, -0.2) is 13.2 Å². The molecule has 0 spiro atoms. The van der Waals surface area contributed by atoms with E-state index in [1.807, 2.05) is 32.0 Å². The molecular weight excluding hydrogens is 222 g/mol. The van der Waals surface area contributed by atoms with Crippen molar-refractivity contribution in [3.8, 4) is 5.75 Å². The van der Waals surface area contributed by atoms with Gasteiger partial charge in [-0.25, -0.2) is 0 Å². The molecule has 0 aromatic heterocycles. The Balaban J connectivity index is 2.90. The van der Waals surface area contributed by atoms with Crippen molar-refractivity contribution in [2.45, 2.75) is 19.8 Å². The first-order valence-corrected chi connectivity index (χ1v) is 5.69. The highest BCUT2D eigenvalue weighted by Gasteiger charge is 2.11. The number of ether oxygens (including phenoxy) is 1. The van der Waals surface area contributed by atoms with Crippen molar-refractivity contribution in [1.82, 2.24) is 0 Å². The number of halogens is 1. The van der Waals surface area contributed by atoms with Gasteiger partial charge in [-0.15, -0.1) is 0 Å². The second-order valence-electron chi connectivity index (χ2n) is 4.04. The molecule has 0 bridgehead atoms. The highest BCUT2D eigenvalue weighted by Crippen LogP contribution is 2.32. The van der Waals surface area contributed by atoms with Gasteiger partial charge in [0.05, 0.1) is 5.02 Å². The largest absolute Gasteiger partial charge is 0.488 e. The van der Waals surface area contributed by atoms with Crippen LogP contribution in [0.3, 0.4) is 0 Å². The summed E-state index contributed by atoms with van der Waals surface area (Å²) in [5.74, 6) is 0.934. The smallest absolute Gasteiger partial charge is 0.138 e. The summed E-state index contributed by atoms with van der Waals surface area (Å²) >= 11 is 6.26. The molecule has 2 nitrogen and oxygen atoms in total. The Morgan fingerprint density at radius 2 is 2.25 bits per heavy atom. The molecule has 16 heavy (non-hydrogen) atoms. The monoisotopic (exact) mass is 239 g/mol. The highest BCUT2D eigenvalue weighted by atomic mass is 35.5. The SMILES string of the molecule is C=C(C)COc1cccc(C(C)CN)c1Cl. The van der Waals surface area contributed by atoms with Gasteiger partial charge in [0.2, 0.25) is 0 Å². The molecule has 3 heteroatoms. The molecular formula is C13H18ClNO. The molecule has 1 atom stereocenters. The normalized spacial score (nSPS) is 12.2. The van der Waals surface area contributed by atoms with Crippen LogP contribution in [0.4, 0.5) is 0 Å². The second-order valence-corrected chi connectivity index (χ2v) is 4.42. The summed E-state index contributed by atoms with van der Waals surface area (Å²) in [6.07, 6.45) is 0. The maximum absolute atomic E-state index is 6.26. The van der Waals surface area contributed by atoms with Crippen molar-refractivity contribution in [3.63, 3.8) is 0 Å². The standard InChI is InChI=1S/C13H18ClNO/c1-9(2)8-16-12-6-4-5-11(13(12)14)10(3)7-15/h4-6,10H,1,7-8,15H2,2-3H3. The third kappa shape index (κ3) is 3.26. The average molecular weight is 240 g/mol. The minimum atomic E-state index is 0.237. The molecule has 0 aliphatic heterocycles. The molecule has 0 heterocycles. The van der Waals surface area contributed by atoms with Crippen LogP contribution in [0, 0.1) is 0 Å². The Bertz CT molecular complexity index is 376. The van der Waals surface area contributed by atoms with Crippen LogP contribution in [0.5, 0.6) is 5.75 Å². The van der Waals surface area contributed by atoms with E-state index in [1.54, 1.807) is 0 Å². The lowest BCUT2D eigenvalue weighted by molar-refractivity contribution is 0.352. The lowest BCUT2D eigenvalue weighted by atomic mass is 10.0. The van der Waals surface area contributed by atoms with Crippen LogP contribution in [0.2, 0.25) is 5.02 Å². The molecule has 2 N–H and O–H groups in total. The van der Waals surface area contributed by atoms with Crippen molar-refractivity contribution >= 4 is 11.6 Å². The molecule has 1 rings (SSSR count). The second kappa shape index (κ2) is 5.92. The van der Waals surface area contributed by atoms with Crippen LogP contribution in [0.15, 0.2) is 30.4 Å². The summed E-state index contributed by atoms with van der Waals surface area (Å²) in [7, 11) is 0. The first-order chi connectivity index (χ1) is 7.56.